The lowest BCUT2D eigenvalue weighted by molar-refractivity contribution is 0.0958. The van der Waals surface area contributed by atoms with Gasteiger partial charge in [0.2, 0.25) is 0 Å². The van der Waals surface area contributed by atoms with Crippen molar-refractivity contribution in [3.63, 3.8) is 0 Å². The van der Waals surface area contributed by atoms with Gasteiger partial charge in [0.15, 0.2) is 0 Å². The number of hydrogen-bond donors (Lipinski definition) is 1. The normalized spacial score (nSPS) is 10.8. The Morgan fingerprint density at radius 1 is 1.57 bits per heavy atom. The van der Waals surface area contributed by atoms with Gasteiger partial charge < -0.3 is 4.74 Å². The van der Waals surface area contributed by atoms with Crippen LogP contribution in [0, 0.1) is 6.92 Å². The van der Waals surface area contributed by atoms with Crippen LogP contribution in [0.3, 0.4) is 0 Å². The number of rotatable bonds is 5. The van der Waals surface area contributed by atoms with Gasteiger partial charge >= 0.3 is 0 Å². The Kier molecular flexibility index (Phi) is 5.40. The zero-order chi connectivity index (χ0) is 15.2. The van der Waals surface area contributed by atoms with Crippen LogP contribution in [0.1, 0.15) is 27.9 Å². The standard InChI is InChI=1S/C13H13BrN4O2S/c1-3-20-11-5-4-10(14)6-9(11)7-15-17-13(19)12-8(2)16-18-21-12/h4-7H,3H2,1-2H3,(H,17,19)/b15-7+. The molecule has 0 aliphatic carbocycles. The molecule has 0 atom stereocenters. The number of carbonyl (C=O) groups is 1. The molecule has 6 nitrogen and oxygen atoms in total. The summed E-state index contributed by atoms with van der Waals surface area (Å²) < 4.78 is 10.1. The molecule has 1 heterocycles. The van der Waals surface area contributed by atoms with Crippen LogP contribution < -0.4 is 10.2 Å². The summed E-state index contributed by atoms with van der Waals surface area (Å²) in [6, 6.07) is 5.58. The van der Waals surface area contributed by atoms with Crippen molar-refractivity contribution in [1.29, 1.82) is 0 Å². The molecule has 0 radical (unpaired) electrons. The summed E-state index contributed by atoms with van der Waals surface area (Å²) in [6.07, 6.45) is 1.54. The maximum absolute atomic E-state index is 11.9. The Morgan fingerprint density at radius 3 is 3.05 bits per heavy atom. The van der Waals surface area contributed by atoms with Gasteiger partial charge in [-0.05, 0) is 43.6 Å². The highest BCUT2D eigenvalue weighted by molar-refractivity contribution is 9.10. The molecule has 0 bridgehead atoms. The fraction of sp³-hybridized carbons (Fsp3) is 0.231. The lowest BCUT2D eigenvalue weighted by Crippen LogP contribution is -2.17. The topological polar surface area (TPSA) is 76.5 Å². The predicted molar refractivity (Wildman–Crippen MR) is 85.0 cm³/mol. The molecule has 1 aromatic carbocycles. The summed E-state index contributed by atoms with van der Waals surface area (Å²) >= 11 is 4.43. The zero-order valence-corrected chi connectivity index (χ0v) is 13.9. The monoisotopic (exact) mass is 368 g/mol. The van der Waals surface area contributed by atoms with E-state index in [1.54, 1.807) is 6.92 Å². The third-order valence-electron chi connectivity index (χ3n) is 2.50. The van der Waals surface area contributed by atoms with Crippen molar-refractivity contribution in [2.45, 2.75) is 13.8 Å². The molecular weight excluding hydrogens is 356 g/mol. The minimum atomic E-state index is -0.327. The molecule has 0 aliphatic heterocycles. The average Bonchev–Trinajstić information content (AvgIpc) is 2.88. The van der Waals surface area contributed by atoms with Crippen LogP contribution in [0.15, 0.2) is 27.8 Å². The Labute approximate surface area is 134 Å². The van der Waals surface area contributed by atoms with Crippen LogP contribution in [0.2, 0.25) is 0 Å². The van der Waals surface area contributed by atoms with Gasteiger partial charge in [0, 0.05) is 10.0 Å². The highest BCUT2D eigenvalue weighted by Crippen LogP contribution is 2.21. The molecule has 1 N–H and O–H groups in total. The fourth-order valence-corrected chi connectivity index (χ4v) is 2.48. The molecule has 8 heteroatoms. The van der Waals surface area contributed by atoms with Crippen molar-refractivity contribution in [2.24, 2.45) is 5.10 Å². The fourth-order valence-electron chi connectivity index (χ4n) is 1.56. The van der Waals surface area contributed by atoms with E-state index >= 15 is 0 Å². The van der Waals surface area contributed by atoms with Crippen LogP contribution in [-0.4, -0.2) is 28.3 Å². The van der Waals surface area contributed by atoms with Crippen molar-refractivity contribution < 1.29 is 9.53 Å². The highest BCUT2D eigenvalue weighted by atomic mass is 79.9. The van der Waals surface area contributed by atoms with Crippen molar-refractivity contribution in [3.05, 3.63) is 38.8 Å². The molecule has 2 rings (SSSR count). The number of aromatic nitrogens is 2. The van der Waals surface area contributed by atoms with Crippen molar-refractivity contribution >= 4 is 39.6 Å². The van der Waals surface area contributed by atoms with E-state index in [1.165, 1.54) is 6.21 Å². The number of amides is 1. The molecule has 0 saturated heterocycles. The van der Waals surface area contributed by atoms with E-state index in [-0.39, 0.29) is 5.91 Å². The quantitative estimate of drug-likeness (QED) is 0.650. The van der Waals surface area contributed by atoms with Gasteiger partial charge in [0.25, 0.3) is 5.91 Å². The van der Waals surface area contributed by atoms with E-state index in [2.05, 4.69) is 36.0 Å². The number of carbonyl (C=O) groups excluding carboxylic acids is 1. The largest absolute Gasteiger partial charge is 0.493 e. The SMILES string of the molecule is CCOc1ccc(Br)cc1/C=N/NC(=O)c1snnc1C. The molecule has 0 saturated carbocycles. The van der Waals surface area contributed by atoms with E-state index in [0.29, 0.717) is 22.9 Å². The van der Waals surface area contributed by atoms with E-state index in [9.17, 15) is 4.79 Å². The van der Waals surface area contributed by atoms with Crippen LogP contribution in [-0.2, 0) is 0 Å². The van der Waals surface area contributed by atoms with Gasteiger partial charge in [0.1, 0.15) is 10.6 Å². The third-order valence-corrected chi connectivity index (χ3v) is 3.82. The first-order valence-corrected chi connectivity index (χ1v) is 7.73. The number of benzene rings is 1. The summed E-state index contributed by atoms with van der Waals surface area (Å²) in [5.41, 5.74) is 3.81. The first-order valence-electron chi connectivity index (χ1n) is 6.16. The van der Waals surface area contributed by atoms with Crippen LogP contribution in [0.5, 0.6) is 5.75 Å². The summed E-state index contributed by atoms with van der Waals surface area (Å²) in [7, 11) is 0. The van der Waals surface area contributed by atoms with Crippen LogP contribution >= 0.6 is 27.5 Å². The lowest BCUT2D eigenvalue weighted by atomic mass is 10.2. The zero-order valence-electron chi connectivity index (χ0n) is 11.5. The third kappa shape index (κ3) is 4.08. The summed E-state index contributed by atoms with van der Waals surface area (Å²) in [6.45, 7) is 4.19. The van der Waals surface area contributed by atoms with E-state index in [1.807, 2.05) is 25.1 Å². The van der Waals surface area contributed by atoms with Crippen LogP contribution in [0.25, 0.3) is 0 Å². The molecule has 110 valence electrons. The number of halogens is 1. The Hall–Kier alpha value is -1.80. The van der Waals surface area contributed by atoms with E-state index < -0.39 is 0 Å². The molecular formula is C13H13BrN4O2S. The molecule has 0 unspecified atom stereocenters. The first-order chi connectivity index (χ1) is 10.1. The molecule has 1 aromatic heterocycles. The number of nitrogens with zero attached hydrogens (tertiary/aromatic N) is 3. The second kappa shape index (κ2) is 7.28. The lowest BCUT2D eigenvalue weighted by Gasteiger charge is -2.06. The minimum Gasteiger partial charge on any atom is -0.493 e. The maximum atomic E-state index is 11.9. The van der Waals surface area contributed by atoms with Gasteiger partial charge in [-0.2, -0.15) is 5.10 Å². The van der Waals surface area contributed by atoms with Gasteiger partial charge in [-0.15, -0.1) is 5.10 Å². The Morgan fingerprint density at radius 2 is 2.38 bits per heavy atom. The average molecular weight is 369 g/mol. The summed E-state index contributed by atoms with van der Waals surface area (Å²) in [5.74, 6) is 0.376. The molecule has 1 amide bonds. The molecule has 0 fully saturated rings. The number of aryl methyl sites for hydroxylation is 1. The molecule has 0 aliphatic rings. The smallest absolute Gasteiger partial charge is 0.285 e. The number of hydrogen-bond acceptors (Lipinski definition) is 6. The Bertz CT molecular complexity index is 672. The first kappa shape index (κ1) is 15.6. The molecule has 0 spiro atoms. The molecule has 21 heavy (non-hydrogen) atoms. The highest BCUT2D eigenvalue weighted by Gasteiger charge is 2.12. The predicted octanol–water partition coefficient (Wildman–Crippen LogP) is 2.77. The van der Waals surface area contributed by atoms with Crippen molar-refractivity contribution in [2.75, 3.05) is 6.61 Å². The van der Waals surface area contributed by atoms with E-state index in [4.69, 9.17) is 4.74 Å². The number of hydrazone groups is 1. The van der Waals surface area contributed by atoms with Crippen molar-refractivity contribution in [3.8, 4) is 5.75 Å². The van der Waals surface area contributed by atoms with Gasteiger partial charge in [-0.25, -0.2) is 5.43 Å². The summed E-state index contributed by atoms with van der Waals surface area (Å²) in [4.78, 5) is 12.3. The second-order valence-electron chi connectivity index (χ2n) is 4.00. The van der Waals surface area contributed by atoms with Gasteiger partial charge in [0.05, 0.1) is 18.5 Å². The van der Waals surface area contributed by atoms with Gasteiger partial charge in [-0.3, -0.25) is 4.79 Å². The molecule has 2 aromatic rings. The summed E-state index contributed by atoms with van der Waals surface area (Å²) in [5, 5.41) is 7.73. The van der Waals surface area contributed by atoms with E-state index in [0.717, 1.165) is 21.6 Å². The van der Waals surface area contributed by atoms with Crippen LogP contribution in [0.4, 0.5) is 0 Å². The Balaban J connectivity index is 2.09. The number of ether oxygens (including phenoxy) is 1. The maximum Gasteiger partial charge on any atom is 0.285 e. The van der Waals surface area contributed by atoms with Gasteiger partial charge in [-0.1, -0.05) is 20.4 Å². The second-order valence-corrected chi connectivity index (χ2v) is 5.67. The minimum absolute atomic E-state index is 0.327. The van der Waals surface area contributed by atoms with Crippen molar-refractivity contribution in [1.82, 2.24) is 15.0 Å². The number of nitrogens with one attached hydrogen (secondary N) is 1.